The molecule has 1 aliphatic rings. The first-order chi connectivity index (χ1) is 3.43. The Labute approximate surface area is 54.8 Å². The van der Waals surface area contributed by atoms with E-state index in [-0.39, 0.29) is 10.9 Å². The third-order valence-corrected chi connectivity index (χ3v) is 3.42. The first-order valence-corrected chi connectivity index (χ1v) is 4.46. The number of hydrogen-bond donors (Lipinski definition) is 1. The zero-order chi connectivity index (χ0) is 5.11. The molecule has 1 aliphatic heterocycles. The lowest BCUT2D eigenvalue weighted by atomic mass is 10.6. The average Bonchev–Trinajstić information content (AvgIpc) is 2.14. The maximum absolute atomic E-state index is 3.28. The highest BCUT2D eigenvalue weighted by Crippen LogP contribution is 2.37. The summed E-state index contributed by atoms with van der Waals surface area (Å²) in [4.78, 5) is 0. The molecule has 1 radical (unpaired) electrons. The number of hydrogen-bond acceptors (Lipinski definition) is 0. The molecule has 39 valence electrons. The van der Waals surface area contributed by atoms with Crippen LogP contribution in [-0.2, 0) is 0 Å². The molecule has 1 heterocycles. The quantitative estimate of drug-likeness (QED) is 0.586. The van der Waals surface area contributed by atoms with Crippen LogP contribution in [0.5, 0.6) is 0 Å². The van der Waals surface area contributed by atoms with E-state index < -0.39 is 0 Å². The molecule has 0 fully saturated rings. The molecule has 0 aromatic heterocycles. The fourth-order valence-electron chi connectivity index (χ4n) is 0.413. The van der Waals surface area contributed by atoms with E-state index in [4.69, 9.17) is 0 Å². The Bertz CT molecular complexity index is 94.6. The van der Waals surface area contributed by atoms with Crippen LogP contribution in [0.25, 0.3) is 0 Å². The van der Waals surface area contributed by atoms with Crippen molar-refractivity contribution in [2.75, 3.05) is 0 Å². The van der Waals surface area contributed by atoms with Gasteiger partial charge in [-0.3, -0.25) is 0 Å². The standard InChI is InChI=1S/C5H6BrS/c6-5-7-3-1-2-4-7/h1-5,7H. The minimum Gasteiger partial charge on any atom is -0.199 e. The summed E-state index contributed by atoms with van der Waals surface area (Å²) in [5.41, 5.74) is 0. The van der Waals surface area contributed by atoms with E-state index in [9.17, 15) is 0 Å². The molecule has 1 rings (SSSR count). The van der Waals surface area contributed by atoms with E-state index in [2.05, 4.69) is 38.9 Å². The summed E-state index contributed by atoms with van der Waals surface area (Å²) >= 11 is 3.28. The molecule has 2 heteroatoms. The second-order valence-electron chi connectivity index (χ2n) is 1.23. The second-order valence-corrected chi connectivity index (χ2v) is 4.14. The molecule has 0 N–H and O–H groups in total. The predicted molar refractivity (Wildman–Crippen MR) is 40.5 cm³/mol. The summed E-state index contributed by atoms with van der Waals surface area (Å²) in [5, 5.41) is 4.37. The van der Waals surface area contributed by atoms with Gasteiger partial charge in [-0.05, 0) is 10.8 Å². The van der Waals surface area contributed by atoms with Gasteiger partial charge in [0.1, 0.15) is 0 Å². The van der Waals surface area contributed by atoms with E-state index in [0.717, 1.165) is 0 Å². The lowest BCUT2D eigenvalue weighted by Crippen LogP contribution is -1.53. The van der Waals surface area contributed by atoms with E-state index in [1.807, 2.05) is 4.66 Å². The average molecular weight is 178 g/mol. The van der Waals surface area contributed by atoms with Gasteiger partial charge in [0.25, 0.3) is 0 Å². The highest BCUT2D eigenvalue weighted by atomic mass is 79.9. The lowest BCUT2D eigenvalue weighted by molar-refractivity contribution is 2.15. The third kappa shape index (κ3) is 1.35. The number of rotatable bonds is 1. The summed E-state index contributed by atoms with van der Waals surface area (Å²) < 4.78 is 2.04. The molecule has 7 heavy (non-hydrogen) atoms. The summed E-state index contributed by atoms with van der Waals surface area (Å²) in [6.45, 7) is 0. The Hall–Kier alpha value is 0.310. The predicted octanol–water partition coefficient (Wildman–Crippen LogP) is 2.54. The summed E-state index contributed by atoms with van der Waals surface area (Å²) in [6.07, 6.45) is 4.15. The SMILES string of the molecule is Br[CH][SH]1C=CC=C1. The highest BCUT2D eigenvalue weighted by molar-refractivity contribution is 9.13. The minimum absolute atomic E-state index is 0.0123. The number of allylic oxidation sites excluding steroid dienone is 2. The van der Waals surface area contributed by atoms with E-state index in [1.165, 1.54) is 0 Å². The highest BCUT2D eigenvalue weighted by Gasteiger charge is 1.92. The first-order valence-electron chi connectivity index (χ1n) is 1.99. The molecular weight excluding hydrogens is 172 g/mol. The molecule has 0 saturated heterocycles. The van der Waals surface area contributed by atoms with Gasteiger partial charge in [0.15, 0.2) is 0 Å². The third-order valence-electron chi connectivity index (χ3n) is 0.740. The van der Waals surface area contributed by atoms with Crippen LogP contribution in [0.3, 0.4) is 0 Å². The van der Waals surface area contributed by atoms with E-state index in [0.29, 0.717) is 0 Å². The zero-order valence-corrected chi connectivity index (χ0v) is 6.19. The Morgan fingerprint density at radius 1 is 1.29 bits per heavy atom. The molecule has 0 aromatic rings. The Morgan fingerprint density at radius 3 is 2.14 bits per heavy atom. The molecule has 0 aliphatic carbocycles. The molecule has 0 bridgehead atoms. The van der Waals surface area contributed by atoms with Gasteiger partial charge in [-0.2, -0.15) is 10.9 Å². The monoisotopic (exact) mass is 177 g/mol. The molecule has 0 saturated carbocycles. The van der Waals surface area contributed by atoms with Gasteiger partial charge in [0.05, 0.1) is 4.66 Å². The topological polar surface area (TPSA) is 0 Å². The number of thiol groups is 1. The Morgan fingerprint density at radius 2 is 1.86 bits per heavy atom. The van der Waals surface area contributed by atoms with Crippen molar-refractivity contribution < 1.29 is 0 Å². The van der Waals surface area contributed by atoms with Gasteiger partial charge < -0.3 is 0 Å². The fourth-order valence-corrected chi connectivity index (χ4v) is 2.06. The van der Waals surface area contributed by atoms with Crippen molar-refractivity contribution in [2.24, 2.45) is 0 Å². The molecule has 0 nitrogen and oxygen atoms in total. The molecular formula is C5H6BrS. The van der Waals surface area contributed by atoms with Gasteiger partial charge in [-0.1, -0.05) is 28.1 Å². The van der Waals surface area contributed by atoms with Crippen LogP contribution in [0, 0.1) is 4.66 Å². The maximum atomic E-state index is 3.28. The van der Waals surface area contributed by atoms with Crippen molar-refractivity contribution in [3.63, 3.8) is 0 Å². The van der Waals surface area contributed by atoms with Crippen molar-refractivity contribution in [3.8, 4) is 0 Å². The van der Waals surface area contributed by atoms with Crippen LogP contribution in [0.1, 0.15) is 0 Å². The maximum Gasteiger partial charge on any atom is 0.0694 e. The van der Waals surface area contributed by atoms with Crippen LogP contribution < -0.4 is 0 Å². The Kier molecular flexibility index (Phi) is 2.00. The number of halogens is 1. The van der Waals surface area contributed by atoms with Crippen molar-refractivity contribution in [2.45, 2.75) is 0 Å². The van der Waals surface area contributed by atoms with Crippen LogP contribution in [0.15, 0.2) is 23.0 Å². The van der Waals surface area contributed by atoms with Gasteiger partial charge in [0, 0.05) is 0 Å². The van der Waals surface area contributed by atoms with Gasteiger partial charge in [-0.15, -0.1) is 0 Å². The van der Waals surface area contributed by atoms with Crippen molar-refractivity contribution in [3.05, 3.63) is 27.6 Å². The summed E-state index contributed by atoms with van der Waals surface area (Å²) in [5.74, 6) is 0. The van der Waals surface area contributed by atoms with Gasteiger partial charge >= 0.3 is 0 Å². The van der Waals surface area contributed by atoms with Crippen molar-refractivity contribution in [1.82, 2.24) is 0 Å². The van der Waals surface area contributed by atoms with E-state index >= 15 is 0 Å². The molecule has 0 unspecified atom stereocenters. The lowest BCUT2D eigenvalue weighted by Gasteiger charge is -1.98. The Balaban J connectivity index is 2.44. The first kappa shape index (κ1) is 5.45. The second kappa shape index (κ2) is 2.58. The molecule has 0 aromatic carbocycles. The molecule has 0 spiro atoms. The van der Waals surface area contributed by atoms with Crippen LogP contribution in [0.2, 0.25) is 0 Å². The summed E-state index contributed by atoms with van der Waals surface area (Å²) in [7, 11) is -0.0123. The largest absolute Gasteiger partial charge is 0.199 e. The minimum atomic E-state index is -0.0123. The van der Waals surface area contributed by atoms with E-state index in [1.54, 1.807) is 0 Å². The summed E-state index contributed by atoms with van der Waals surface area (Å²) in [6, 6.07) is 0. The normalized spacial score (nSPS) is 21.6. The molecule has 0 atom stereocenters. The molecule has 0 amide bonds. The van der Waals surface area contributed by atoms with Crippen LogP contribution >= 0.6 is 26.8 Å². The zero-order valence-electron chi connectivity index (χ0n) is 3.71. The van der Waals surface area contributed by atoms with Crippen LogP contribution in [-0.4, -0.2) is 0 Å². The van der Waals surface area contributed by atoms with Crippen molar-refractivity contribution in [1.29, 1.82) is 0 Å². The van der Waals surface area contributed by atoms with Crippen LogP contribution in [0.4, 0.5) is 0 Å². The van der Waals surface area contributed by atoms with Gasteiger partial charge in [0.2, 0.25) is 0 Å². The van der Waals surface area contributed by atoms with Gasteiger partial charge in [-0.25, -0.2) is 0 Å². The van der Waals surface area contributed by atoms with Crippen molar-refractivity contribution >= 4 is 26.8 Å². The fraction of sp³-hybridized carbons (Fsp3) is 0. The smallest absolute Gasteiger partial charge is 0.0694 e.